The highest BCUT2D eigenvalue weighted by molar-refractivity contribution is 6.09. The van der Waals surface area contributed by atoms with Gasteiger partial charge in [0, 0.05) is 11.1 Å². The Kier molecular flexibility index (Phi) is 2.61. The summed E-state index contributed by atoms with van der Waals surface area (Å²) in [5.74, 6) is 1.61. The average Bonchev–Trinajstić information content (AvgIpc) is 2.17. The van der Waals surface area contributed by atoms with Crippen LogP contribution in [0, 0.1) is 12.3 Å². The van der Waals surface area contributed by atoms with Crippen LogP contribution in [0.2, 0.25) is 0 Å². The van der Waals surface area contributed by atoms with Crippen molar-refractivity contribution in [1.82, 2.24) is 0 Å². The van der Waals surface area contributed by atoms with Crippen molar-refractivity contribution in [3.63, 3.8) is 0 Å². The van der Waals surface area contributed by atoms with Crippen LogP contribution in [0.15, 0.2) is 24.3 Å². The first-order valence-corrected chi connectivity index (χ1v) is 3.77. The van der Waals surface area contributed by atoms with Crippen molar-refractivity contribution in [3.05, 3.63) is 35.4 Å². The molecule has 0 N–H and O–H groups in total. The minimum Gasteiger partial charge on any atom is -0.295 e. The zero-order valence-electron chi connectivity index (χ0n) is 7.20. The Labute approximate surface area is 76.6 Å². The number of rotatable bonds is 2. The van der Waals surface area contributed by atoms with Crippen molar-refractivity contribution < 1.29 is 9.59 Å². The van der Waals surface area contributed by atoms with Gasteiger partial charge in [0.2, 0.25) is 5.78 Å². The Morgan fingerprint density at radius 2 is 1.62 bits per heavy atom. The quantitative estimate of drug-likeness (QED) is 0.386. The third-order valence-electron chi connectivity index (χ3n) is 1.68. The fourth-order valence-corrected chi connectivity index (χ4v) is 0.940. The van der Waals surface area contributed by atoms with Gasteiger partial charge >= 0.3 is 0 Å². The van der Waals surface area contributed by atoms with Gasteiger partial charge in [0.25, 0.3) is 0 Å². The second kappa shape index (κ2) is 3.68. The van der Waals surface area contributed by atoms with Crippen LogP contribution in [0.4, 0.5) is 0 Å². The van der Waals surface area contributed by atoms with E-state index >= 15 is 0 Å². The molecule has 0 saturated carbocycles. The zero-order chi connectivity index (χ0) is 9.84. The van der Waals surface area contributed by atoms with E-state index in [9.17, 15) is 9.59 Å². The van der Waals surface area contributed by atoms with Crippen LogP contribution in [0.5, 0.6) is 0 Å². The van der Waals surface area contributed by atoms with Crippen LogP contribution in [0.1, 0.15) is 27.6 Å². The molecule has 0 radical (unpaired) electrons. The van der Waals surface area contributed by atoms with Crippen LogP contribution in [-0.4, -0.2) is 11.6 Å². The van der Waals surface area contributed by atoms with Crippen LogP contribution in [0.3, 0.4) is 0 Å². The predicted octanol–water partition coefficient (Wildman–Crippen LogP) is 1.71. The van der Waals surface area contributed by atoms with Crippen LogP contribution in [0.25, 0.3) is 0 Å². The molecule has 0 saturated heterocycles. The Morgan fingerprint density at radius 3 is 2.00 bits per heavy atom. The van der Waals surface area contributed by atoms with E-state index in [1.165, 1.54) is 6.92 Å². The Hall–Kier alpha value is -1.88. The molecule has 1 rings (SSSR count). The van der Waals surface area contributed by atoms with Crippen LogP contribution >= 0.6 is 0 Å². The highest BCUT2D eigenvalue weighted by Crippen LogP contribution is 2.05. The maximum atomic E-state index is 11.0. The third-order valence-corrected chi connectivity index (χ3v) is 1.68. The van der Waals surface area contributed by atoms with E-state index in [1.54, 1.807) is 24.3 Å². The summed E-state index contributed by atoms with van der Waals surface area (Å²) in [6.07, 6.45) is 4.94. The maximum absolute atomic E-state index is 11.0. The molecule has 0 amide bonds. The molecule has 64 valence electrons. The predicted molar refractivity (Wildman–Crippen MR) is 49.6 cm³/mol. The standard InChI is InChI=1S/C11H8O2/c1-3-11(13)10-6-4-9(5-7-10)8(2)12/h1,4-7H,2H3. The van der Waals surface area contributed by atoms with Gasteiger partial charge in [-0.3, -0.25) is 9.59 Å². The molecule has 0 aliphatic rings. The maximum Gasteiger partial charge on any atom is 0.235 e. The lowest BCUT2D eigenvalue weighted by molar-refractivity contribution is 0.101. The summed E-state index contributed by atoms with van der Waals surface area (Å²) in [5.41, 5.74) is 1.01. The molecule has 13 heavy (non-hydrogen) atoms. The number of Topliss-reactive ketones (excluding diaryl/α,β-unsaturated/α-hetero) is 2. The molecule has 0 aliphatic carbocycles. The number of ketones is 2. The second-order valence-electron chi connectivity index (χ2n) is 2.61. The molecule has 0 aromatic heterocycles. The van der Waals surface area contributed by atoms with Crippen LogP contribution in [-0.2, 0) is 0 Å². The van der Waals surface area contributed by atoms with Crippen molar-refractivity contribution in [2.24, 2.45) is 0 Å². The molecule has 0 spiro atoms. The average molecular weight is 172 g/mol. The van der Waals surface area contributed by atoms with E-state index in [1.807, 2.05) is 5.92 Å². The molecule has 1 aromatic rings. The molecule has 2 nitrogen and oxygen atoms in total. The SMILES string of the molecule is C#CC(=O)c1ccc(C(C)=O)cc1. The first-order chi connectivity index (χ1) is 6.15. The minimum atomic E-state index is -0.366. The van der Waals surface area contributed by atoms with Crippen molar-refractivity contribution in [1.29, 1.82) is 0 Å². The van der Waals surface area contributed by atoms with E-state index in [0.717, 1.165) is 0 Å². The van der Waals surface area contributed by atoms with E-state index in [2.05, 4.69) is 0 Å². The number of benzene rings is 1. The number of hydrogen-bond donors (Lipinski definition) is 0. The molecular formula is C11H8O2. The van der Waals surface area contributed by atoms with E-state index < -0.39 is 0 Å². The fourth-order valence-electron chi connectivity index (χ4n) is 0.940. The first-order valence-electron chi connectivity index (χ1n) is 3.77. The smallest absolute Gasteiger partial charge is 0.235 e. The van der Waals surface area contributed by atoms with Gasteiger partial charge in [-0.2, -0.15) is 0 Å². The summed E-state index contributed by atoms with van der Waals surface area (Å²) in [6, 6.07) is 6.29. The molecule has 0 unspecified atom stereocenters. The van der Waals surface area contributed by atoms with Gasteiger partial charge in [0.05, 0.1) is 0 Å². The summed E-state index contributed by atoms with van der Waals surface area (Å²) in [6.45, 7) is 1.47. The Bertz CT molecular complexity index is 380. The normalized spacial score (nSPS) is 8.92. The number of carbonyl (C=O) groups is 2. The van der Waals surface area contributed by atoms with Gasteiger partial charge < -0.3 is 0 Å². The van der Waals surface area contributed by atoms with Crippen molar-refractivity contribution in [3.8, 4) is 12.3 Å². The number of terminal acetylenes is 1. The molecule has 0 heterocycles. The molecule has 0 bridgehead atoms. The summed E-state index contributed by atoms with van der Waals surface area (Å²) < 4.78 is 0. The number of carbonyl (C=O) groups excluding carboxylic acids is 2. The van der Waals surface area contributed by atoms with Crippen molar-refractivity contribution >= 4 is 11.6 Å². The largest absolute Gasteiger partial charge is 0.295 e. The van der Waals surface area contributed by atoms with E-state index in [4.69, 9.17) is 6.42 Å². The lowest BCUT2D eigenvalue weighted by Crippen LogP contribution is -1.96. The van der Waals surface area contributed by atoms with Gasteiger partial charge in [-0.15, -0.1) is 6.42 Å². The van der Waals surface area contributed by atoms with Gasteiger partial charge in [-0.1, -0.05) is 12.1 Å². The van der Waals surface area contributed by atoms with Crippen molar-refractivity contribution in [2.75, 3.05) is 0 Å². The molecule has 2 heteroatoms. The highest BCUT2D eigenvalue weighted by atomic mass is 16.1. The third kappa shape index (κ3) is 2.03. The van der Waals surface area contributed by atoms with Gasteiger partial charge in [0.1, 0.15) is 0 Å². The summed E-state index contributed by atoms with van der Waals surface area (Å²) in [7, 11) is 0. The summed E-state index contributed by atoms with van der Waals surface area (Å²) in [5, 5.41) is 0. The molecule has 0 atom stereocenters. The highest BCUT2D eigenvalue weighted by Gasteiger charge is 2.02. The Balaban J connectivity index is 3.02. The van der Waals surface area contributed by atoms with Gasteiger partial charge in [-0.05, 0) is 25.0 Å². The van der Waals surface area contributed by atoms with E-state index in [-0.39, 0.29) is 11.6 Å². The topological polar surface area (TPSA) is 34.1 Å². The second-order valence-corrected chi connectivity index (χ2v) is 2.61. The van der Waals surface area contributed by atoms with Gasteiger partial charge in [0.15, 0.2) is 5.78 Å². The fraction of sp³-hybridized carbons (Fsp3) is 0.0909. The lowest BCUT2D eigenvalue weighted by Gasteiger charge is -1.96. The lowest BCUT2D eigenvalue weighted by atomic mass is 10.1. The molecule has 0 aliphatic heterocycles. The summed E-state index contributed by atoms with van der Waals surface area (Å²) in [4.78, 5) is 21.8. The minimum absolute atomic E-state index is 0.0280. The van der Waals surface area contributed by atoms with Crippen molar-refractivity contribution in [2.45, 2.75) is 6.92 Å². The van der Waals surface area contributed by atoms with Crippen LogP contribution < -0.4 is 0 Å². The monoisotopic (exact) mass is 172 g/mol. The Morgan fingerprint density at radius 1 is 1.15 bits per heavy atom. The first kappa shape index (κ1) is 9.21. The zero-order valence-corrected chi connectivity index (χ0v) is 7.20. The summed E-state index contributed by atoms with van der Waals surface area (Å²) >= 11 is 0. The molecule has 1 aromatic carbocycles. The van der Waals surface area contributed by atoms with E-state index in [0.29, 0.717) is 11.1 Å². The molecule has 0 fully saturated rings. The van der Waals surface area contributed by atoms with Gasteiger partial charge in [-0.25, -0.2) is 0 Å². The number of hydrogen-bond acceptors (Lipinski definition) is 2. The molecular weight excluding hydrogens is 164 g/mol.